The van der Waals surface area contributed by atoms with Crippen molar-refractivity contribution in [2.75, 3.05) is 17.7 Å². The van der Waals surface area contributed by atoms with Gasteiger partial charge in [0.1, 0.15) is 11.8 Å². The van der Waals surface area contributed by atoms with Crippen molar-refractivity contribution < 1.29 is 9.53 Å². The van der Waals surface area contributed by atoms with Gasteiger partial charge in [0.05, 0.1) is 12.7 Å². The van der Waals surface area contributed by atoms with Gasteiger partial charge >= 0.3 is 0 Å². The number of para-hydroxylation sites is 1. The molecule has 142 valence electrons. The molecule has 1 aliphatic heterocycles. The highest BCUT2D eigenvalue weighted by Gasteiger charge is 2.35. The van der Waals surface area contributed by atoms with Gasteiger partial charge in [0.25, 0.3) is 5.91 Å². The van der Waals surface area contributed by atoms with Gasteiger partial charge in [0.15, 0.2) is 0 Å². The number of nitrogens with zero attached hydrogens (tertiary/aromatic N) is 4. The summed E-state index contributed by atoms with van der Waals surface area (Å²) in [6, 6.07) is 13.9. The summed E-state index contributed by atoms with van der Waals surface area (Å²) in [7, 11) is 1.59. The van der Waals surface area contributed by atoms with Crippen LogP contribution < -0.4 is 15.4 Å². The molecule has 3 aromatic rings. The summed E-state index contributed by atoms with van der Waals surface area (Å²) < 4.78 is 7.08. The minimum absolute atomic E-state index is 0.274. The maximum absolute atomic E-state index is 13.2. The van der Waals surface area contributed by atoms with Gasteiger partial charge in [0, 0.05) is 22.0 Å². The minimum Gasteiger partial charge on any atom is -0.496 e. The van der Waals surface area contributed by atoms with Gasteiger partial charge in [-0.2, -0.15) is 4.68 Å². The molecule has 1 aromatic heterocycles. The van der Waals surface area contributed by atoms with Crippen LogP contribution in [0.2, 0.25) is 5.02 Å². The maximum atomic E-state index is 13.2. The molecule has 2 N–H and O–H groups in total. The predicted molar refractivity (Wildman–Crippen MR) is 105 cm³/mol. The lowest BCUT2D eigenvalue weighted by Gasteiger charge is -2.28. The standard InChI is InChI=1S/C19H17ClN6O2/c1-11-16(18(27)22-13-9-7-12(20)8-10-13)17(26-19(21-11)23-24-25-26)14-5-3-4-6-15(14)28-2/h3-10,17H,1-2H3,(H,22,27)(H,21,23,25). The maximum Gasteiger partial charge on any atom is 0.255 e. The molecule has 4 rings (SSSR count). The first-order valence-electron chi connectivity index (χ1n) is 8.54. The van der Waals surface area contributed by atoms with E-state index in [1.165, 1.54) is 0 Å². The molecule has 0 spiro atoms. The number of aromatic nitrogens is 4. The van der Waals surface area contributed by atoms with Gasteiger partial charge in [-0.25, -0.2) is 0 Å². The zero-order chi connectivity index (χ0) is 19.7. The second-order valence-electron chi connectivity index (χ2n) is 6.22. The average Bonchev–Trinajstić information content (AvgIpc) is 3.16. The Morgan fingerprint density at radius 3 is 2.71 bits per heavy atom. The lowest BCUT2D eigenvalue weighted by atomic mass is 9.94. The summed E-state index contributed by atoms with van der Waals surface area (Å²) >= 11 is 5.93. The summed E-state index contributed by atoms with van der Waals surface area (Å²) in [5.74, 6) is 0.821. The Bertz CT molecular complexity index is 1060. The molecule has 1 amide bonds. The Hall–Kier alpha value is -3.39. The lowest BCUT2D eigenvalue weighted by Crippen LogP contribution is -2.31. The molecule has 28 heavy (non-hydrogen) atoms. The van der Waals surface area contributed by atoms with Crippen LogP contribution in [0.15, 0.2) is 59.8 Å². The van der Waals surface area contributed by atoms with Crippen molar-refractivity contribution in [1.29, 1.82) is 0 Å². The van der Waals surface area contributed by atoms with Crippen LogP contribution in [-0.2, 0) is 4.79 Å². The molecule has 9 heteroatoms. The van der Waals surface area contributed by atoms with Gasteiger partial charge in [-0.1, -0.05) is 34.9 Å². The lowest BCUT2D eigenvalue weighted by molar-refractivity contribution is -0.113. The van der Waals surface area contributed by atoms with Crippen LogP contribution in [0.25, 0.3) is 0 Å². The smallest absolute Gasteiger partial charge is 0.255 e. The Kier molecular flexibility index (Phi) is 4.70. The van der Waals surface area contributed by atoms with Crippen molar-refractivity contribution in [1.82, 2.24) is 20.2 Å². The zero-order valence-electron chi connectivity index (χ0n) is 15.2. The number of halogens is 1. The van der Waals surface area contributed by atoms with Crippen LogP contribution >= 0.6 is 11.6 Å². The second-order valence-corrected chi connectivity index (χ2v) is 6.65. The van der Waals surface area contributed by atoms with Crippen molar-refractivity contribution in [2.45, 2.75) is 13.0 Å². The number of amides is 1. The number of allylic oxidation sites excluding steroid dienone is 1. The topological polar surface area (TPSA) is 94.0 Å². The monoisotopic (exact) mass is 396 g/mol. The van der Waals surface area contributed by atoms with Crippen LogP contribution in [0.3, 0.4) is 0 Å². The Morgan fingerprint density at radius 1 is 1.21 bits per heavy atom. The highest BCUT2D eigenvalue weighted by Crippen LogP contribution is 2.38. The summed E-state index contributed by atoms with van der Waals surface area (Å²) in [5.41, 5.74) is 2.56. The van der Waals surface area contributed by atoms with E-state index in [0.717, 1.165) is 5.56 Å². The largest absolute Gasteiger partial charge is 0.496 e. The molecule has 1 unspecified atom stereocenters. The molecule has 1 atom stereocenters. The number of nitrogens with one attached hydrogen (secondary N) is 2. The molecule has 0 saturated carbocycles. The highest BCUT2D eigenvalue weighted by molar-refractivity contribution is 6.30. The van der Waals surface area contributed by atoms with Gasteiger partial charge < -0.3 is 15.4 Å². The van der Waals surface area contributed by atoms with E-state index in [4.69, 9.17) is 16.3 Å². The number of hydrogen-bond donors (Lipinski definition) is 2. The number of methoxy groups -OCH3 is 1. The fourth-order valence-corrected chi connectivity index (χ4v) is 3.34. The van der Waals surface area contributed by atoms with Crippen molar-refractivity contribution in [3.05, 3.63) is 70.4 Å². The van der Waals surface area contributed by atoms with Crippen molar-refractivity contribution in [3.63, 3.8) is 0 Å². The fraction of sp³-hybridized carbons (Fsp3) is 0.158. The van der Waals surface area contributed by atoms with Crippen LogP contribution in [0.4, 0.5) is 11.6 Å². The minimum atomic E-state index is -0.547. The Morgan fingerprint density at radius 2 is 1.96 bits per heavy atom. The summed E-state index contributed by atoms with van der Waals surface area (Å²) in [6.07, 6.45) is 0. The summed E-state index contributed by atoms with van der Waals surface area (Å²) in [6.45, 7) is 1.82. The quantitative estimate of drug-likeness (QED) is 0.703. The SMILES string of the molecule is COc1ccccc1C1C(C(=O)Nc2ccc(Cl)cc2)=C(C)Nc2nnnn21. The molecule has 0 fully saturated rings. The van der Waals surface area contributed by atoms with Crippen LogP contribution in [0, 0.1) is 0 Å². The number of carbonyl (C=O) groups is 1. The van der Waals surface area contributed by atoms with E-state index in [-0.39, 0.29) is 5.91 Å². The molecule has 0 saturated heterocycles. The van der Waals surface area contributed by atoms with E-state index >= 15 is 0 Å². The van der Waals surface area contributed by atoms with E-state index < -0.39 is 6.04 Å². The molecule has 1 aliphatic rings. The van der Waals surface area contributed by atoms with E-state index in [0.29, 0.717) is 33.7 Å². The molecule has 0 bridgehead atoms. The zero-order valence-corrected chi connectivity index (χ0v) is 15.9. The summed E-state index contributed by atoms with van der Waals surface area (Å²) in [5, 5.41) is 18.4. The van der Waals surface area contributed by atoms with Crippen molar-refractivity contribution >= 4 is 29.1 Å². The number of fused-ring (bicyclic) bond motifs is 1. The summed E-state index contributed by atoms with van der Waals surface area (Å²) in [4.78, 5) is 13.2. The molecule has 0 aliphatic carbocycles. The number of hydrogen-bond acceptors (Lipinski definition) is 6. The third kappa shape index (κ3) is 3.18. The number of carbonyl (C=O) groups excluding carboxylic acids is 1. The molecule has 2 aromatic carbocycles. The van der Waals surface area contributed by atoms with Gasteiger partial charge in [-0.3, -0.25) is 4.79 Å². The normalized spacial score (nSPS) is 15.6. The first-order valence-corrected chi connectivity index (χ1v) is 8.91. The molecule has 8 nitrogen and oxygen atoms in total. The first kappa shape index (κ1) is 18.0. The van der Waals surface area contributed by atoms with E-state index in [2.05, 4.69) is 26.2 Å². The molecular formula is C19H17ClN6O2. The molecular weight excluding hydrogens is 380 g/mol. The Labute approximate surface area is 166 Å². The van der Waals surface area contributed by atoms with Crippen LogP contribution in [0.1, 0.15) is 18.5 Å². The fourth-order valence-electron chi connectivity index (χ4n) is 3.22. The van der Waals surface area contributed by atoms with Gasteiger partial charge in [-0.05, 0) is 47.7 Å². The van der Waals surface area contributed by atoms with Crippen LogP contribution in [0.5, 0.6) is 5.75 Å². The number of rotatable bonds is 4. The van der Waals surface area contributed by atoms with Gasteiger partial charge in [-0.15, -0.1) is 0 Å². The number of ether oxygens (including phenoxy) is 1. The molecule has 0 radical (unpaired) electrons. The molecule has 2 heterocycles. The second kappa shape index (κ2) is 7.32. The third-order valence-corrected chi connectivity index (χ3v) is 4.75. The van der Waals surface area contributed by atoms with Crippen LogP contribution in [-0.4, -0.2) is 33.2 Å². The van der Waals surface area contributed by atoms with E-state index in [1.54, 1.807) is 36.1 Å². The first-order chi connectivity index (χ1) is 13.6. The van der Waals surface area contributed by atoms with E-state index in [1.807, 2.05) is 31.2 Å². The number of benzene rings is 2. The average molecular weight is 397 g/mol. The Balaban J connectivity index is 1.78. The number of tetrazole rings is 1. The predicted octanol–water partition coefficient (Wildman–Crippen LogP) is 3.26. The number of anilines is 2. The van der Waals surface area contributed by atoms with E-state index in [9.17, 15) is 4.79 Å². The van der Waals surface area contributed by atoms with Gasteiger partial charge in [0.2, 0.25) is 5.95 Å². The van der Waals surface area contributed by atoms with Crippen molar-refractivity contribution in [2.24, 2.45) is 0 Å². The highest BCUT2D eigenvalue weighted by atomic mass is 35.5. The van der Waals surface area contributed by atoms with Crippen molar-refractivity contribution in [3.8, 4) is 5.75 Å². The third-order valence-electron chi connectivity index (χ3n) is 4.49.